The van der Waals surface area contributed by atoms with Crippen molar-refractivity contribution in [1.29, 1.82) is 0 Å². The number of rotatable bonds is 6. The monoisotopic (exact) mass is 228 g/mol. The molecule has 3 heteroatoms. The van der Waals surface area contributed by atoms with E-state index in [1.54, 1.807) is 0 Å². The third kappa shape index (κ3) is 4.81. The molecule has 0 aromatic carbocycles. The molecule has 16 heavy (non-hydrogen) atoms. The van der Waals surface area contributed by atoms with Crippen LogP contribution in [0.25, 0.3) is 0 Å². The van der Waals surface area contributed by atoms with Crippen molar-refractivity contribution in [2.24, 2.45) is 11.8 Å². The van der Waals surface area contributed by atoms with Gasteiger partial charge in [0.2, 0.25) is 0 Å². The molecule has 1 heterocycles. The second-order valence-electron chi connectivity index (χ2n) is 5.38. The predicted octanol–water partition coefficient (Wildman–Crippen LogP) is 2.28. The lowest BCUT2D eigenvalue weighted by atomic mass is 9.91. The summed E-state index contributed by atoms with van der Waals surface area (Å²) in [6.45, 7) is 13.3. The summed E-state index contributed by atoms with van der Waals surface area (Å²) in [5.41, 5.74) is 3.20. The highest BCUT2D eigenvalue weighted by molar-refractivity contribution is 4.77. The molecular formula is C13H28N2O. The third-order valence-corrected chi connectivity index (χ3v) is 3.47. The highest BCUT2D eigenvalue weighted by atomic mass is 16.6. The van der Waals surface area contributed by atoms with E-state index in [4.69, 9.17) is 4.84 Å². The highest BCUT2D eigenvalue weighted by Gasteiger charge is 2.23. The Bertz CT molecular complexity index is 177. The molecule has 0 radical (unpaired) electrons. The van der Waals surface area contributed by atoms with Gasteiger partial charge in [0.15, 0.2) is 0 Å². The largest absolute Gasteiger partial charge is 0.304 e. The summed E-state index contributed by atoms with van der Waals surface area (Å²) < 4.78 is 0. The van der Waals surface area contributed by atoms with Crippen LogP contribution in [-0.4, -0.2) is 37.2 Å². The Balaban J connectivity index is 2.15. The predicted molar refractivity (Wildman–Crippen MR) is 68.2 cm³/mol. The van der Waals surface area contributed by atoms with Gasteiger partial charge in [0.25, 0.3) is 0 Å². The maximum atomic E-state index is 5.50. The van der Waals surface area contributed by atoms with Gasteiger partial charge >= 0.3 is 0 Å². The van der Waals surface area contributed by atoms with E-state index in [-0.39, 0.29) is 0 Å². The Morgan fingerprint density at radius 3 is 2.38 bits per heavy atom. The van der Waals surface area contributed by atoms with Crippen LogP contribution >= 0.6 is 0 Å². The zero-order chi connectivity index (χ0) is 12.0. The molecule has 1 fully saturated rings. The van der Waals surface area contributed by atoms with E-state index in [9.17, 15) is 0 Å². The Morgan fingerprint density at radius 1 is 1.25 bits per heavy atom. The lowest BCUT2D eigenvalue weighted by molar-refractivity contribution is -0.0154. The van der Waals surface area contributed by atoms with Crippen molar-refractivity contribution in [2.75, 3.05) is 26.2 Å². The molecule has 3 nitrogen and oxygen atoms in total. The van der Waals surface area contributed by atoms with Crippen LogP contribution in [-0.2, 0) is 4.84 Å². The maximum absolute atomic E-state index is 5.50. The zero-order valence-corrected chi connectivity index (χ0v) is 11.3. The molecule has 0 aromatic heterocycles. The second-order valence-corrected chi connectivity index (χ2v) is 5.38. The standard InChI is InChI=1S/C13H28N2O/c1-5-15-8-6-13(7-9-15)12(4)14-16-10-11(2)3/h11-14H,5-10H2,1-4H3. The fourth-order valence-electron chi connectivity index (χ4n) is 2.21. The van der Waals surface area contributed by atoms with E-state index in [1.165, 1.54) is 32.5 Å². The fourth-order valence-corrected chi connectivity index (χ4v) is 2.21. The van der Waals surface area contributed by atoms with E-state index in [0.717, 1.165) is 12.5 Å². The average Bonchev–Trinajstić information content (AvgIpc) is 2.28. The van der Waals surface area contributed by atoms with Crippen molar-refractivity contribution in [1.82, 2.24) is 10.4 Å². The van der Waals surface area contributed by atoms with E-state index >= 15 is 0 Å². The van der Waals surface area contributed by atoms with Gasteiger partial charge in [-0.05, 0) is 51.2 Å². The van der Waals surface area contributed by atoms with Crippen molar-refractivity contribution in [3.8, 4) is 0 Å². The van der Waals surface area contributed by atoms with Crippen LogP contribution in [0, 0.1) is 11.8 Å². The number of piperidine rings is 1. The molecule has 0 amide bonds. The quantitative estimate of drug-likeness (QED) is 0.706. The van der Waals surface area contributed by atoms with E-state index in [1.807, 2.05) is 0 Å². The summed E-state index contributed by atoms with van der Waals surface area (Å²) in [4.78, 5) is 8.03. The first-order chi connectivity index (χ1) is 7.63. The molecule has 0 aliphatic carbocycles. The average molecular weight is 228 g/mol. The lowest BCUT2D eigenvalue weighted by Gasteiger charge is -2.34. The van der Waals surface area contributed by atoms with Crippen LogP contribution in [0.2, 0.25) is 0 Å². The molecule has 1 saturated heterocycles. The summed E-state index contributed by atoms with van der Waals surface area (Å²) in [6.07, 6.45) is 2.60. The van der Waals surface area contributed by atoms with Gasteiger partial charge in [-0.3, -0.25) is 0 Å². The van der Waals surface area contributed by atoms with Gasteiger partial charge in [0.1, 0.15) is 0 Å². The summed E-state index contributed by atoms with van der Waals surface area (Å²) in [7, 11) is 0. The third-order valence-electron chi connectivity index (χ3n) is 3.47. The number of hydrogen-bond donors (Lipinski definition) is 1. The Hall–Kier alpha value is -0.120. The van der Waals surface area contributed by atoms with Crippen LogP contribution in [0.4, 0.5) is 0 Å². The molecule has 1 aliphatic heterocycles. The van der Waals surface area contributed by atoms with Gasteiger partial charge in [-0.25, -0.2) is 0 Å². The van der Waals surface area contributed by atoms with Gasteiger partial charge in [-0.15, -0.1) is 0 Å². The molecule has 0 aromatic rings. The number of hydroxylamine groups is 1. The molecule has 0 saturated carbocycles. The fraction of sp³-hybridized carbons (Fsp3) is 1.00. The van der Waals surface area contributed by atoms with Gasteiger partial charge in [0, 0.05) is 6.04 Å². The molecule has 1 atom stereocenters. The number of nitrogens with zero attached hydrogens (tertiary/aromatic N) is 1. The summed E-state index contributed by atoms with van der Waals surface area (Å²) in [6, 6.07) is 0.484. The van der Waals surface area contributed by atoms with Crippen molar-refractivity contribution in [3.63, 3.8) is 0 Å². The van der Waals surface area contributed by atoms with E-state index in [2.05, 4.69) is 38.1 Å². The SMILES string of the molecule is CCN1CCC(C(C)NOCC(C)C)CC1. The lowest BCUT2D eigenvalue weighted by Crippen LogP contribution is -2.42. The smallest absolute Gasteiger partial charge is 0.0705 e. The molecular weight excluding hydrogens is 200 g/mol. The molecule has 1 aliphatic rings. The molecule has 1 rings (SSSR count). The minimum absolute atomic E-state index is 0.484. The molecule has 1 N–H and O–H groups in total. The van der Waals surface area contributed by atoms with Crippen molar-refractivity contribution in [3.05, 3.63) is 0 Å². The van der Waals surface area contributed by atoms with Crippen LogP contribution in [0.5, 0.6) is 0 Å². The van der Waals surface area contributed by atoms with Crippen molar-refractivity contribution < 1.29 is 4.84 Å². The topological polar surface area (TPSA) is 24.5 Å². The molecule has 0 bridgehead atoms. The first-order valence-corrected chi connectivity index (χ1v) is 6.73. The van der Waals surface area contributed by atoms with Gasteiger partial charge in [-0.1, -0.05) is 20.8 Å². The van der Waals surface area contributed by atoms with Crippen LogP contribution < -0.4 is 5.48 Å². The minimum atomic E-state index is 0.484. The van der Waals surface area contributed by atoms with Crippen LogP contribution in [0.1, 0.15) is 40.5 Å². The number of nitrogens with one attached hydrogen (secondary N) is 1. The number of likely N-dealkylation sites (tertiary alicyclic amines) is 1. The minimum Gasteiger partial charge on any atom is -0.304 e. The normalized spacial score (nSPS) is 21.6. The van der Waals surface area contributed by atoms with Gasteiger partial charge in [0.05, 0.1) is 6.61 Å². The maximum Gasteiger partial charge on any atom is 0.0705 e. The van der Waals surface area contributed by atoms with E-state index in [0.29, 0.717) is 12.0 Å². The Morgan fingerprint density at radius 2 is 1.88 bits per heavy atom. The zero-order valence-electron chi connectivity index (χ0n) is 11.3. The molecule has 96 valence electrons. The van der Waals surface area contributed by atoms with Crippen LogP contribution in [0.15, 0.2) is 0 Å². The second kappa shape index (κ2) is 7.25. The summed E-state index contributed by atoms with van der Waals surface area (Å²) >= 11 is 0. The van der Waals surface area contributed by atoms with Gasteiger partial charge in [-0.2, -0.15) is 5.48 Å². The van der Waals surface area contributed by atoms with Gasteiger partial charge < -0.3 is 9.74 Å². The Labute approximate surface area is 100 Å². The number of hydrogen-bond acceptors (Lipinski definition) is 3. The first kappa shape index (κ1) is 13.9. The molecule has 0 spiro atoms. The van der Waals surface area contributed by atoms with Crippen molar-refractivity contribution >= 4 is 0 Å². The van der Waals surface area contributed by atoms with Crippen molar-refractivity contribution in [2.45, 2.75) is 46.6 Å². The first-order valence-electron chi connectivity index (χ1n) is 6.73. The van der Waals surface area contributed by atoms with E-state index < -0.39 is 0 Å². The Kier molecular flexibility index (Phi) is 6.32. The summed E-state index contributed by atoms with van der Waals surface area (Å²) in [5.74, 6) is 1.37. The van der Waals surface area contributed by atoms with Crippen LogP contribution in [0.3, 0.4) is 0 Å². The molecule has 1 unspecified atom stereocenters. The summed E-state index contributed by atoms with van der Waals surface area (Å²) in [5, 5.41) is 0. The highest BCUT2D eigenvalue weighted by Crippen LogP contribution is 2.20.